The first-order valence-electron chi connectivity index (χ1n) is 5.40. The molecule has 1 fully saturated rings. The van der Waals surface area contributed by atoms with Crippen molar-refractivity contribution in [2.45, 2.75) is 12.8 Å². The maximum atomic E-state index is 2.48. The van der Waals surface area contributed by atoms with Gasteiger partial charge < -0.3 is 9.80 Å². The van der Waals surface area contributed by atoms with Gasteiger partial charge in [0.15, 0.2) is 0 Å². The highest BCUT2D eigenvalue weighted by molar-refractivity contribution is 14.1. The molecule has 1 aromatic carbocycles. The first-order chi connectivity index (χ1) is 7.16. The molecule has 2 rings (SSSR count). The molecule has 0 saturated carbocycles. The lowest BCUT2D eigenvalue weighted by Gasteiger charge is -2.21. The highest BCUT2D eigenvalue weighted by atomic mass is 127. The highest BCUT2D eigenvalue weighted by Gasteiger charge is 2.13. The zero-order valence-corrected chi connectivity index (χ0v) is 11.5. The Morgan fingerprint density at radius 1 is 1.13 bits per heavy atom. The Bertz CT molecular complexity index is 343. The predicted molar refractivity (Wildman–Crippen MR) is 74.9 cm³/mol. The van der Waals surface area contributed by atoms with E-state index in [2.05, 4.69) is 64.7 Å². The first kappa shape index (κ1) is 11.0. The minimum atomic E-state index is 1.22. The molecule has 1 saturated heterocycles. The maximum absolute atomic E-state index is 2.48. The normalized spacial score (nSPS) is 15.8. The van der Waals surface area contributed by atoms with Crippen LogP contribution in [-0.4, -0.2) is 27.2 Å². The van der Waals surface area contributed by atoms with Gasteiger partial charge in [-0.2, -0.15) is 0 Å². The number of anilines is 2. The molecule has 2 nitrogen and oxygen atoms in total. The first-order valence-corrected chi connectivity index (χ1v) is 6.47. The molecule has 0 amide bonds. The van der Waals surface area contributed by atoms with Crippen molar-refractivity contribution >= 4 is 34.0 Å². The van der Waals surface area contributed by atoms with Gasteiger partial charge in [-0.3, -0.25) is 0 Å². The third kappa shape index (κ3) is 2.56. The second kappa shape index (κ2) is 4.60. The van der Waals surface area contributed by atoms with E-state index in [0.717, 1.165) is 0 Å². The SMILES string of the molecule is CN(C)c1cc(I)cc(N2CCCC2)c1. The van der Waals surface area contributed by atoms with Gasteiger partial charge in [0.2, 0.25) is 0 Å². The van der Waals surface area contributed by atoms with Crippen LogP contribution in [0.2, 0.25) is 0 Å². The number of rotatable bonds is 2. The molecule has 82 valence electrons. The summed E-state index contributed by atoms with van der Waals surface area (Å²) in [4.78, 5) is 4.65. The van der Waals surface area contributed by atoms with E-state index in [1.165, 1.54) is 40.9 Å². The second-order valence-electron chi connectivity index (χ2n) is 4.26. The van der Waals surface area contributed by atoms with Crippen molar-refractivity contribution < 1.29 is 0 Å². The van der Waals surface area contributed by atoms with E-state index in [1.54, 1.807) is 0 Å². The minimum absolute atomic E-state index is 1.22. The quantitative estimate of drug-likeness (QED) is 0.774. The molecule has 0 spiro atoms. The van der Waals surface area contributed by atoms with Gasteiger partial charge >= 0.3 is 0 Å². The van der Waals surface area contributed by atoms with Gasteiger partial charge in [-0.25, -0.2) is 0 Å². The lowest BCUT2D eigenvalue weighted by molar-refractivity contribution is 0.949. The molecule has 1 aliphatic rings. The van der Waals surface area contributed by atoms with Crippen molar-refractivity contribution in [3.05, 3.63) is 21.8 Å². The summed E-state index contributed by atoms with van der Waals surface area (Å²) in [7, 11) is 4.19. The Kier molecular flexibility index (Phi) is 3.38. The van der Waals surface area contributed by atoms with Gasteiger partial charge in [-0.05, 0) is 53.6 Å². The number of nitrogens with zero attached hydrogens (tertiary/aromatic N) is 2. The molecule has 0 N–H and O–H groups in total. The van der Waals surface area contributed by atoms with Crippen LogP contribution >= 0.6 is 22.6 Å². The van der Waals surface area contributed by atoms with Gasteiger partial charge in [-0.1, -0.05) is 0 Å². The van der Waals surface area contributed by atoms with Gasteiger partial charge in [0.25, 0.3) is 0 Å². The molecule has 0 bridgehead atoms. The van der Waals surface area contributed by atoms with Crippen LogP contribution in [0, 0.1) is 3.57 Å². The van der Waals surface area contributed by atoms with E-state index in [1.807, 2.05) is 0 Å². The van der Waals surface area contributed by atoms with E-state index in [4.69, 9.17) is 0 Å². The molecule has 0 aromatic heterocycles. The summed E-state index contributed by atoms with van der Waals surface area (Å²) in [5.41, 5.74) is 2.67. The molecule has 15 heavy (non-hydrogen) atoms. The summed E-state index contributed by atoms with van der Waals surface area (Å²) < 4.78 is 1.32. The van der Waals surface area contributed by atoms with Crippen LogP contribution in [0.15, 0.2) is 18.2 Å². The number of hydrogen-bond donors (Lipinski definition) is 0. The average molecular weight is 316 g/mol. The van der Waals surface area contributed by atoms with E-state index < -0.39 is 0 Å². The van der Waals surface area contributed by atoms with Gasteiger partial charge in [-0.15, -0.1) is 0 Å². The lowest BCUT2D eigenvalue weighted by atomic mass is 10.2. The zero-order valence-electron chi connectivity index (χ0n) is 9.33. The van der Waals surface area contributed by atoms with Crippen LogP contribution in [0.25, 0.3) is 0 Å². The number of halogens is 1. The molecule has 1 aromatic rings. The van der Waals surface area contributed by atoms with Crippen LogP contribution in [0.1, 0.15) is 12.8 Å². The standard InChI is InChI=1S/C12H17IN2/c1-14(2)11-7-10(13)8-12(9-11)15-5-3-4-6-15/h7-9H,3-6H2,1-2H3. The second-order valence-corrected chi connectivity index (χ2v) is 5.50. The van der Waals surface area contributed by atoms with Crippen LogP contribution in [0.3, 0.4) is 0 Å². The summed E-state index contributed by atoms with van der Waals surface area (Å²) >= 11 is 2.40. The molecule has 1 aliphatic heterocycles. The molecule has 3 heteroatoms. The van der Waals surface area contributed by atoms with Crippen LogP contribution < -0.4 is 9.80 Å². The zero-order chi connectivity index (χ0) is 10.8. The highest BCUT2D eigenvalue weighted by Crippen LogP contribution is 2.27. The average Bonchev–Trinajstić information content (AvgIpc) is 2.69. The Labute approximate surface area is 105 Å². The third-order valence-electron chi connectivity index (χ3n) is 2.85. The lowest BCUT2D eigenvalue weighted by Crippen LogP contribution is -2.18. The minimum Gasteiger partial charge on any atom is -0.378 e. The predicted octanol–water partition coefficient (Wildman–Crippen LogP) is 2.96. The fourth-order valence-electron chi connectivity index (χ4n) is 1.98. The van der Waals surface area contributed by atoms with Crippen LogP contribution in [0.5, 0.6) is 0 Å². The fourth-order valence-corrected chi connectivity index (χ4v) is 2.61. The van der Waals surface area contributed by atoms with Crippen molar-refractivity contribution in [2.75, 3.05) is 37.0 Å². The van der Waals surface area contributed by atoms with E-state index in [-0.39, 0.29) is 0 Å². The largest absolute Gasteiger partial charge is 0.378 e. The fraction of sp³-hybridized carbons (Fsp3) is 0.500. The van der Waals surface area contributed by atoms with Crippen LogP contribution in [0.4, 0.5) is 11.4 Å². The van der Waals surface area contributed by atoms with Crippen molar-refractivity contribution in [2.24, 2.45) is 0 Å². The van der Waals surface area contributed by atoms with Gasteiger partial charge in [0.05, 0.1) is 0 Å². The smallest absolute Gasteiger partial charge is 0.0397 e. The van der Waals surface area contributed by atoms with E-state index >= 15 is 0 Å². The Hall–Kier alpha value is -0.450. The van der Waals surface area contributed by atoms with Crippen molar-refractivity contribution in [1.29, 1.82) is 0 Å². The molecular weight excluding hydrogens is 299 g/mol. The number of hydrogen-bond acceptors (Lipinski definition) is 2. The number of benzene rings is 1. The Morgan fingerprint density at radius 3 is 2.40 bits per heavy atom. The van der Waals surface area contributed by atoms with Crippen molar-refractivity contribution in [3.63, 3.8) is 0 Å². The van der Waals surface area contributed by atoms with Crippen molar-refractivity contribution in [3.8, 4) is 0 Å². The van der Waals surface area contributed by atoms with E-state index in [9.17, 15) is 0 Å². The Morgan fingerprint density at radius 2 is 1.80 bits per heavy atom. The summed E-state index contributed by atoms with van der Waals surface area (Å²) in [6, 6.07) is 6.78. The molecule has 0 unspecified atom stereocenters. The summed E-state index contributed by atoms with van der Waals surface area (Å²) in [5, 5.41) is 0. The molecule has 0 atom stereocenters. The molecular formula is C12H17IN2. The summed E-state index contributed by atoms with van der Waals surface area (Å²) in [5.74, 6) is 0. The molecule has 1 heterocycles. The van der Waals surface area contributed by atoms with Gasteiger partial charge in [0.1, 0.15) is 0 Å². The Balaban J connectivity index is 2.30. The maximum Gasteiger partial charge on any atom is 0.0397 e. The summed E-state index contributed by atoms with van der Waals surface area (Å²) in [6.45, 7) is 2.43. The van der Waals surface area contributed by atoms with Crippen molar-refractivity contribution in [1.82, 2.24) is 0 Å². The summed E-state index contributed by atoms with van der Waals surface area (Å²) in [6.07, 6.45) is 2.67. The topological polar surface area (TPSA) is 6.48 Å². The monoisotopic (exact) mass is 316 g/mol. The van der Waals surface area contributed by atoms with E-state index in [0.29, 0.717) is 0 Å². The third-order valence-corrected chi connectivity index (χ3v) is 3.48. The molecule has 0 radical (unpaired) electrons. The van der Waals surface area contributed by atoms with Crippen LogP contribution in [-0.2, 0) is 0 Å². The molecule has 0 aliphatic carbocycles. The van der Waals surface area contributed by atoms with Gasteiger partial charge in [0, 0.05) is 42.1 Å².